The van der Waals surface area contributed by atoms with Gasteiger partial charge < -0.3 is 10.2 Å². The fourth-order valence-corrected chi connectivity index (χ4v) is 5.41. The summed E-state index contributed by atoms with van der Waals surface area (Å²) >= 11 is 2.63. The first-order valence-electron chi connectivity index (χ1n) is 12.2. The molecule has 1 fully saturated rings. The summed E-state index contributed by atoms with van der Waals surface area (Å²) < 4.78 is 39.2. The van der Waals surface area contributed by atoms with Crippen molar-refractivity contribution in [3.8, 4) is 0 Å². The van der Waals surface area contributed by atoms with Gasteiger partial charge in [0.05, 0.1) is 5.69 Å². The van der Waals surface area contributed by atoms with Crippen molar-refractivity contribution in [1.82, 2.24) is 15.0 Å². The van der Waals surface area contributed by atoms with Crippen molar-refractivity contribution in [2.24, 2.45) is 10.2 Å². The van der Waals surface area contributed by atoms with Crippen LogP contribution in [0.5, 0.6) is 0 Å². The summed E-state index contributed by atoms with van der Waals surface area (Å²) in [6, 6.07) is 23.8. The van der Waals surface area contributed by atoms with Crippen LogP contribution in [0.15, 0.2) is 109 Å². The molecule has 1 aliphatic heterocycles. The number of carbonyl (C=O) groups excluding carboxylic acids is 1. The smallest absolute Gasteiger partial charge is 0.371 e. The zero-order chi connectivity index (χ0) is 28.0. The predicted molar refractivity (Wildman–Crippen MR) is 148 cm³/mol. The number of azo groups is 1. The van der Waals surface area contributed by atoms with Gasteiger partial charge in [-0.05, 0) is 78.8 Å². The van der Waals surface area contributed by atoms with Crippen LogP contribution in [0, 0.1) is 0 Å². The molecule has 1 amide bonds. The molecular formula is C27H22F3N7OS2. The number of alkyl halides is 3. The lowest BCUT2D eigenvalue weighted by molar-refractivity contribution is -0.167. The van der Waals surface area contributed by atoms with Crippen LogP contribution in [0.3, 0.4) is 0 Å². The molecule has 0 radical (unpaired) electrons. The van der Waals surface area contributed by atoms with Gasteiger partial charge in [0.15, 0.2) is 10.3 Å². The molecule has 0 unspecified atom stereocenters. The maximum absolute atomic E-state index is 13.1. The lowest BCUT2D eigenvalue weighted by Gasteiger charge is -2.19. The number of benzene rings is 3. The maximum Gasteiger partial charge on any atom is 0.471 e. The van der Waals surface area contributed by atoms with Gasteiger partial charge in [-0.1, -0.05) is 36.4 Å². The van der Waals surface area contributed by atoms with Crippen LogP contribution in [-0.4, -0.2) is 40.1 Å². The third-order valence-corrected chi connectivity index (χ3v) is 7.44. The van der Waals surface area contributed by atoms with Crippen molar-refractivity contribution in [2.45, 2.75) is 39.1 Å². The molecule has 0 atom stereocenters. The number of amides is 1. The van der Waals surface area contributed by atoms with E-state index >= 15 is 0 Å². The molecule has 3 aromatic carbocycles. The van der Waals surface area contributed by atoms with E-state index in [2.05, 4.69) is 25.2 Å². The SMILES string of the molecule is O=C(Nc1cc(N2CCCC2)ccc1N=Nc1nc(Sc2ccccc2)nc(Sc2ccccc2)n1)C(F)(F)F. The summed E-state index contributed by atoms with van der Waals surface area (Å²) in [7, 11) is 0. The number of hydrogen-bond acceptors (Lipinski definition) is 9. The molecule has 0 aliphatic carbocycles. The standard InChI is InChI=1S/C27H22F3N7OS2/c28-27(29,30)23(38)31-22-17-18(37-15-7-8-16-37)13-14-21(22)35-36-24-32-25(39-19-9-3-1-4-10-19)34-26(33-24)40-20-11-5-2-6-12-20/h1-6,9-14,17H,7-8,15-16H2,(H,31,38). The van der Waals surface area contributed by atoms with Gasteiger partial charge in [0.25, 0.3) is 5.95 Å². The Hall–Kier alpha value is -3.97. The van der Waals surface area contributed by atoms with Crippen molar-refractivity contribution < 1.29 is 18.0 Å². The molecule has 0 saturated carbocycles. The summed E-state index contributed by atoms with van der Waals surface area (Å²) in [5.74, 6) is -2.12. The summed E-state index contributed by atoms with van der Waals surface area (Å²) in [5, 5.41) is 10.9. The normalized spacial score (nSPS) is 13.6. The number of rotatable bonds is 8. The Morgan fingerprint density at radius 2 is 1.38 bits per heavy atom. The van der Waals surface area contributed by atoms with Gasteiger partial charge in [-0.25, -0.2) is 0 Å². The quantitative estimate of drug-likeness (QED) is 0.213. The van der Waals surface area contributed by atoms with E-state index in [-0.39, 0.29) is 17.3 Å². The average Bonchev–Trinajstić information content (AvgIpc) is 3.48. The highest BCUT2D eigenvalue weighted by Gasteiger charge is 2.39. The Bertz CT molecular complexity index is 1440. The van der Waals surface area contributed by atoms with E-state index in [0.29, 0.717) is 16.0 Å². The second-order valence-corrected chi connectivity index (χ2v) is 10.7. The number of aromatic nitrogens is 3. The second-order valence-electron chi connectivity index (χ2n) is 8.58. The molecule has 5 rings (SSSR count). The lowest BCUT2D eigenvalue weighted by Crippen LogP contribution is -2.30. The molecule has 0 bridgehead atoms. The minimum absolute atomic E-state index is 0.0245. The number of anilines is 2. The fourth-order valence-electron chi connectivity index (χ4n) is 3.83. The van der Waals surface area contributed by atoms with Gasteiger partial charge in [-0.2, -0.15) is 28.1 Å². The highest BCUT2D eigenvalue weighted by Crippen LogP contribution is 2.35. The van der Waals surface area contributed by atoms with E-state index in [9.17, 15) is 18.0 Å². The topological polar surface area (TPSA) is 95.7 Å². The molecule has 13 heteroatoms. The highest BCUT2D eigenvalue weighted by molar-refractivity contribution is 7.99. The largest absolute Gasteiger partial charge is 0.471 e. The fraction of sp³-hybridized carbons (Fsp3) is 0.185. The molecule has 1 aliphatic rings. The Balaban J connectivity index is 1.47. The Labute approximate surface area is 236 Å². The van der Waals surface area contributed by atoms with Crippen molar-refractivity contribution in [3.63, 3.8) is 0 Å². The summed E-state index contributed by atoms with van der Waals surface area (Å²) in [6.45, 7) is 1.56. The molecule has 4 aromatic rings. The van der Waals surface area contributed by atoms with Gasteiger partial charge in [0.1, 0.15) is 5.69 Å². The van der Waals surface area contributed by atoms with E-state index in [1.54, 1.807) is 6.07 Å². The minimum Gasteiger partial charge on any atom is -0.371 e. The number of nitrogens with zero attached hydrogens (tertiary/aromatic N) is 6. The maximum atomic E-state index is 13.1. The van der Waals surface area contributed by atoms with E-state index in [0.717, 1.165) is 35.7 Å². The predicted octanol–water partition coefficient (Wildman–Crippen LogP) is 7.69. The van der Waals surface area contributed by atoms with Crippen LogP contribution in [-0.2, 0) is 4.79 Å². The van der Waals surface area contributed by atoms with Crippen LogP contribution in [0.4, 0.5) is 36.2 Å². The van der Waals surface area contributed by atoms with Crippen molar-refractivity contribution in [2.75, 3.05) is 23.3 Å². The third kappa shape index (κ3) is 7.36. The van der Waals surface area contributed by atoms with Crippen molar-refractivity contribution >= 4 is 52.4 Å². The number of carbonyl (C=O) groups is 1. The van der Waals surface area contributed by atoms with Gasteiger partial charge in [-0.3, -0.25) is 4.79 Å². The molecule has 204 valence electrons. The number of hydrogen-bond donors (Lipinski definition) is 1. The molecule has 2 heterocycles. The van der Waals surface area contributed by atoms with Crippen LogP contribution in [0.2, 0.25) is 0 Å². The number of nitrogens with one attached hydrogen (secondary N) is 1. The lowest BCUT2D eigenvalue weighted by atomic mass is 10.2. The Kier molecular flexibility index (Phi) is 8.60. The van der Waals surface area contributed by atoms with Crippen LogP contribution in [0.25, 0.3) is 0 Å². The van der Waals surface area contributed by atoms with E-state index in [4.69, 9.17) is 0 Å². The van der Waals surface area contributed by atoms with Crippen molar-refractivity contribution in [1.29, 1.82) is 0 Å². The first-order valence-corrected chi connectivity index (χ1v) is 13.9. The summed E-state index contributed by atoms with van der Waals surface area (Å²) in [4.78, 5) is 28.9. The molecule has 0 spiro atoms. The molecule has 40 heavy (non-hydrogen) atoms. The van der Waals surface area contributed by atoms with Gasteiger partial charge in [-0.15, -0.1) is 10.2 Å². The van der Waals surface area contributed by atoms with Crippen LogP contribution < -0.4 is 10.2 Å². The molecule has 1 saturated heterocycles. The van der Waals surface area contributed by atoms with Crippen LogP contribution in [0.1, 0.15) is 12.8 Å². The van der Waals surface area contributed by atoms with Gasteiger partial charge >= 0.3 is 12.1 Å². The molecule has 8 nitrogen and oxygen atoms in total. The van der Waals surface area contributed by atoms with E-state index in [1.165, 1.54) is 35.7 Å². The molecule has 1 N–H and O–H groups in total. The Morgan fingerprint density at radius 1 is 0.800 bits per heavy atom. The first-order chi connectivity index (χ1) is 19.3. The molecule has 1 aromatic heterocycles. The zero-order valence-electron chi connectivity index (χ0n) is 20.9. The van der Waals surface area contributed by atoms with Gasteiger partial charge in [0, 0.05) is 28.6 Å². The highest BCUT2D eigenvalue weighted by atomic mass is 32.2. The minimum atomic E-state index is -5.06. The third-order valence-electron chi connectivity index (χ3n) is 5.69. The summed E-state index contributed by atoms with van der Waals surface area (Å²) in [5.41, 5.74) is 0.620. The average molecular weight is 582 g/mol. The van der Waals surface area contributed by atoms with E-state index < -0.39 is 12.1 Å². The zero-order valence-corrected chi connectivity index (χ0v) is 22.5. The second kappa shape index (κ2) is 12.5. The molecular weight excluding hydrogens is 559 g/mol. The first kappa shape index (κ1) is 27.6. The van der Waals surface area contributed by atoms with Crippen molar-refractivity contribution in [3.05, 3.63) is 78.9 Å². The Morgan fingerprint density at radius 3 is 1.93 bits per heavy atom. The summed E-state index contributed by atoms with van der Waals surface area (Å²) in [6.07, 6.45) is -3.09. The van der Waals surface area contributed by atoms with Crippen LogP contribution >= 0.6 is 23.5 Å². The van der Waals surface area contributed by atoms with E-state index in [1.807, 2.05) is 70.9 Å². The number of halogens is 3. The monoisotopic (exact) mass is 581 g/mol. The van der Waals surface area contributed by atoms with Gasteiger partial charge in [0.2, 0.25) is 0 Å².